The van der Waals surface area contributed by atoms with Crippen LogP contribution >= 0.6 is 0 Å². The summed E-state index contributed by atoms with van der Waals surface area (Å²) in [5.41, 5.74) is 0. The molecule has 1 heterocycles. The van der Waals surface area contributed by atoms with Crippen molar-refractivity contribution < 1.29 is 24.8 Å². The fourth-order valence-corrected chi connectivity index (χ4v) is 3.33. The van der Waals surface area contributed by atoms with Crippen LogP contribution in [0, 0.1) is 0 Å². The third-order valence-electron chi connectivity index (χ3n) is 4.99. The first-order valence-corrected chi connectivity index (χ1v) is 10.6. The smallest absolute Gasteiger partial charge is 0.114 e. The quantitative estimate of drug-likeness (QED) is 0.303. The summed E-state index contributed by atoms with van der Waals surface area (Å²) in [5, 5.41) is 29.0. The summed E-state index contributed by atoms with van der Waals surface area (Å²) in [6.45, 7) is 2.54. The van der Waals surface area contributed by atoms with E-state index in [1.165, 1.54) is 51.4 Å². The number of hydrogen-bond acceptors (Lipinski definition) is 5. The van der Waals surface area contributed by atoms with Crippen LogP contribution in [-0.4, -0.2) is 59.6 Å². The Hall–Kier alpha value is -0.460. The van der Waals surface area contributed by atoms with E-state index in [-0.39, 0.29) is 13.2 Å². The van der Waals surface area contributed by atoms with Crippen LogP contribution in [0.15, 0.2) is 12.2 Å². The summed E-state index contributed by atoms with van der Waals surface area (Å²) in [6.07, 6.45) is 15.0. The van der Waals surface area contributed by atoms with Gasteiger partial charge in [0, 0.05) is 6.61 Å². The Morgan fingerprint density at radius 3 is 2.15 bits per heavy atom. The molecule has 0 aromatic heterocycles. The van der Waals surface area contributed by atoms with Gasteiger partial charge < -0.3 is 24.8 Å². The van der Waals surface area contributed by atoms with Crippen molar-refractivity contribution in [2.24, 2.45) is 0 Å². The molecule has 0 aromatic rings. The number of unbranched alkanes of at least 4 members (excludes halogenated alkanes) is 9. The number of aliphatic hydroxyl groups excluding tert-OH is 3. The first-order valence-electron chi connectivity index (χ1n) is 10.6. The molecule has 0 bridgehead atoms. The van der Waals surface area contributed by atoms with Gasteiger partial charge in [0.1, 0.15) is 24.4 Å². The highest BCUT2D eigenvalue weighted by atomic mass is 16.6. The Morgan fingerprint density at radius 1 is 0.923 bits per heavy atom. The predicted octanol–water partition coefficient (Wildman–Crippen LogP) is 3.35. The molecule has 1 aliphatic heterocycles. The van der Waals surface area contributed by atoms with Gasteiger partial charge in [-0.2, -0.15) is 0 Å². The van der Waals surface area contributed by atoms with E-state index in [1.807, 2.05) is 0 Å². The zero-order chi connectivity index (χ0) is 19.0. The van der Waals surface area contributed by atoms with Gasteiger partial charge in [-0.1, -0.05) is 64.0 Å². The summed E-state index contributed by atoms with van der Waals surface area (Å²) in [4.78, 5) is 0. The molecule has 3 N–H and O–H groups in total. The minimum atomic E-state index is -0.971. The van der Waals surface area contributed by atoms with E-state index in [0.717, 1.165) is 19.3 Å². The van der Waals surface area contributed by atoms with Crippen molar-refractivity contribution in [3.63, 3.8) is 0 Å². The molecule has 5 nitrogen and oxygen atoms in total. The van der Waals surface area contributed by atoms with Gasteiger partial charge in [-0.05, 0) is 25.7 Å². The summed E-state index contributed by atoms with van der Waals surface area (Å²) in [6, 6.07) is 0. The van der Waals surface area contributed by atoms with Gasteiger partial charge in [0.25, 0.3) is 0 Å². The average molecular weight is 373 g/mol. The Bertz CT molecular complexity index is 347. The van der Waals surface area contributed by atoms with Gasteiger partial charge in [0.15, 0.2) is 0 Å². The van der Waals surface area contributed by atoms with Crippen molar-refractivity contribution in [3.8, 4) is 0 Å². The molecule has 1 saturated heterocycles. The van der Waals surface area contributed by atoms with Gasteiger partial charge in [0.05, 0.1) is 13.2 Å². The van der Waals surface area contributed by atoms with E-state index < -0.39 is 24.4 Å². The maximum absolute atomic E-state index is 10.0. The molecule has 0 aromatic carbocycles. The van der Waals surface area contributed by atoms with Crippen LogP contribution in [-0.2, 0) is 9.47 Å². The standard InChI is InChI=1S/C21H40O5/c1-2-3-4-5-6-7-8-9-10-11-12-13-14-15-25-21-18(23)17-26-19(16-22)20(21)24/h3-4,18-24H,2,5-17H2,1H3/b4-3+/t18-,19+,20+,21+/m1/s1. The number of allylic oxidation sites excluding steroid dienone is 2. The molecule has 1 rings (SSSR count). The molecule has 0 saturated carbocycles. The molecular formula is C21H40O5. The van der Waals surface area contributed by atoms with Crippen molar-refractivity contribution in [2.75, 3.05) is 19.8 Å². The summed E-state index contributed by atoms with van der Waals surface area (Å²) in [5.74, 6) is 0. The van der Waals surface area contributed by atoms with Crippen LogP contribution in [0.25, 0.3) is 0 Å². The number of aliphatic hydroxyl groups is 3. The highest BCUT2D eigenvalue weighted by Gasteiger charge is 2.38. The van der Waals surface area contributed by atoms with Gasteiger partial charge in [-0.15, -0.1) is 0 Å². The van der Waals surface area contributed by atoms with E-state index >= 15 is 0 Å². The average Bonchev–Trinajstić information content (AvgIpc) is 2.64. The Morgan fingerprint density at radius 2 is 1.54 bits per heavy atom. The first kappa shape index (κ1) is 23.6. The lowest BCUT2D eigenvalue weighted by Gasteiger charge is -2.37. The summed E-state index contributed by atoms with van der Waals surface area (Å²) in [7, 11) is 0. The van der Waals surface area contributed by atoms with E-state index in [0.29, 0.717) is 6.61 Å². The van der Waals surface area contributed by atoms with Crippen LogP contribution in [0.1, 0.15) is 77.6 Å². The molecule has 4 atom stereocenters. The molecule has 1 aliphatic rings. The highest BCUT2D eigenvalue weighted by Crippen LogP contribution is 2.19. The fourth-order valence-electron chi connectivity index (χ4n) is 3.33. The second-order valence-corrected chi connectivity index (χ2v) is 7.30. The lowest BCUT2D eigenvalue weighted by Crippen LogP contribution is -2.55. The van der Waals surface area contributed by atoms with E-state index in [4.69, 9.17) is 14.6 Å². The summed E-state index contributed by atoms with van der Waals surface area (Å²) >= 11 is 0. The van der Waals surface area contributed by atoms with Crippen LogP contribution < -0.4 is 0 Å². The van der Waals surface area contributed by atoms with Crippen molar-refractivity contribution in [1.29, 1.82) is 0 Å². The third kappa shape index (κ3) is 10.0. The molecule has 0 unspecified atom stereocenters. The minimum Gasteiger partial charge on any atom is -0.394 e. The van der Waals surface area contributed by atoms with Crippen LogP contribution in [0.5, 0.6) is 0 Å². The Labute approximate surface area is 159 Å². The van der Waals surface area contributed by atoms with E-state index in [1.54, 1.807) is 0 Å². The predicted molar refractivity (Wildman–Crippen MR) is 104 cm³/mol. The highest BCUT2D eigenvalue weighted by molar-refractivity contribution is 4.87. The second-order valence-electron chi connectivity index (χ2n) is 7.30. The summed E-state index contributed by atoms with van der Waals surface area (Å²) < 4.78 is 10.8. The van der Waals surface area contributed by atoms with E-state index in [2.05, 4.69) is 19.1 Å². The number of hydrogen-bond donors (Lipinski definition) is 3. The zero-order valence-corrected chi connectivity index (χ0v) is 16.5. The number of rotatable bonds is 15. The van der Waals surface area contributed by atoms with Crippen molar-refractivity contribution in [1.82, 2.24) is 0 Å². The fraction of sp³-hybridized carbons (Fsp3) is 0.905. The molecule has 0 radical (unpaired) electrons. The Balaban J connectivity index is 1.91. The molecule has 0 amide bonds. The lowest BCUT2D eigenvalue weighted by atomic mass is 10.0. The van der Waals surface area contributed by atoms with Crippen LogP contribution in [0.2, 0.25) is 0 Å². The maximum atomic E-state index is 10.0. The van der Waals surface area contributed by atoms with E-state index in [9.17, 15) is 10.2 Å². The maximum Gasteiger partial charge on any atom is 0.114 e. The van der Waals surface area contributed by atoms with Crippen molar-refractivity contribution in [2.45, 2.75) is 102 Å². The monoisotopic (exact) mass is 372 g/mol. The molecule has 154 valence electrons. The lowest BCUT2D eigenvalue weighted by molar-refractivity contribution is -0.210. The molecule has 26 heavy (non-hydrogen) atoms. The van der Waals surface area contributed by atoms with Crippen LogP contribution in [0.3, 0.4) is 0 Å². The SMILES string of the molecule is CC/C=C/CCCCCCCCCCCO[C@@H]1[C@@H](O)[C@H](CO)OC[C@H]1O. The van der Waals surface area contributed by atoms with Crippen molar-refractivity contribution >= 4 is 0 Å². The van der Waals surface area contributed by atoms with Gasteiger partial charge >= 0.3 is 0 Å². The van der Waals surface area contributed by atoms with Gasteiger partial charge in [-0.25, -0.2) is 0 Å². The third-order valence-corrected chi connectivity index (χ3v) is 4.99. The Kier molecular flexibility index (Phi) is 14.1. The molecule has 1 fully saturated rings. The second kappa shape index (κ2) is 15.6. The molecule has 0 aliphatic carbocycles. The largest absolute Gasteiger partial charge is 0.394 e. The molecule has 0 spiro atoms. The molecule has 5 heteroatoms. The number of ether oxygens (including phenoxy) is 2. The van der Waals surface area contributed by atoms with Gasteiger partial charge in [0.2, 0.25) is 0 Å². The zero-order valence-electron chi connectivity index (χ0n) is 16.5. The first-order chi connectivity index (χ1) is 12.7. The van der Waals surface area contributed by atoms with Crippen LogP contribution in [0.4, 0.5) is 0 Å². The topological polar surface area (TPSA) is 79.2 Å². The minimum absolute atomic E-state index is 0.0991. The normalized spacial score (nSPS) is 26.6. The van der Waals surface area contributed by atoms with Crippen molar-refractivity contribution in [3.05, 3.63) is 12.2 Å². The molecular weight excluding hydrogens is 332 g/mol. The van der Waals surface area contributed by atoms with Gasteiger partial charge in [-0.3, -0.25) is 0 Å².